The van der Waals surface area contributed by atoms with Crippen molar-refractivity contribution in [2.45, 2.75) is 50.0 Å². The van der Waals surface area contributed by atoms with Crippen LogP contribution in [0, 0.1) is 13.8 Å². The van der Waals surface area contributed by atoms with Crippen molar-refractivity contribution in [3.05, 3.63) is 35.5 Å². The summed E-state index contributed by atoms with van der Waals surface area (Å²) in [6, 6.07) is 4.82. The van der Waals surface area contributed by atoms with Crippen molar-refractivity contribution in [1.29, 1.82) is 0 Å². The third kappa shape index (κ3) is 4.31. The molecule has 1 heterocycles. The maximum absolute atomic E-state index is 13.0. The van der Waals surface area contributed by atoms with Gasteiger partial charge in [-0.1, -0.05) is 18.0 Å². The van der Waals surface area contributed by atoms with Crippen LogP contribution >= 0.6 is 0 Å². The Kier molecular flexibility index (Phi) is 5.83. The third-order valence-corrected chi connectivity index (χ3v) is 6.28. The highest BCUT2D eigenvalue weighted by molar-refractivity contribution is 7.89. The Hall–Kier alpha value is -1.97. The summed E-state index contributed by atoms with van der Waals surface area (Å²) in [7, 11) is -2.16. The monoisotopic (exact) mass is 395 g/mol. The number of ether oxygens (including phenoxy) is 2. The van der Waals surface area contributed by atoms with Gasteiger partial charge in [-0.05, 0) is 43.5 Å². The molecule has 0 aliphatic heterocycles. The molecular weight excluding hydrogens is 370 g/mol. The van der Waals surface area contributed by atoms with E-state index in [9.17, 15) is 8.42 Å². The van der Waals surface area contributed by atoms with Crippen LogP contribution in [0.2, 0.25) is 0 Å². The molecule has 9 heteroatoms. The van der Waals surface area contributed by atoms with Gasteiger partial charge in [-0.25, -0.2) is 8.42 Å². The average molecular weight is 395 g/mol. The number of hydrogen-bond donors (Lipinski definition) is 1. The lowest BCUT2D eigenvalue weighted by Crippen LogP contribution is -2.44. The number of nitrogens with zero attached hydrogens (tertiary/aromatic N) is 2. The van der Waals surface area contributed by atoms with Gasteiger partial charge in [-0.15, -0.1) is 0 Å². The van der Waals surface area contributed by atoms with E-state index in [1.54, 1.807) is 32.2 Å². The molecule has 27 heavy (non-hydrogen) atoms. The van der Waals surface area contributed by atoms with E-state index < -0.39 is 15.6 Å². The standard InChI is InChI=1S/C18H25N3O5S/c1-13-12-15(6-7-16(13)25-11-10-24-3)27(22,23)21-18(8-4-5-9-18)17-19-14(2)26-20-17/h6-7,12,21H,4-5,8-11H2,1-3H3. The molecular formula is C18H25N3O5S. The van der Waals surface area contributed by atoms with Crippen LogP contribution in [0.4, 0.5) is 0 Å². The van der Waals surface area contributed by atoms with E-state index in [2.05, 4.69) is 14.9 Å². The number of aryl methyl sites for hydroxylation is 2. The zero-order valence-corrected chi connectivity index (χ0v) is 16.6. The number of hydrogen-bond acceptors (Lipinski definition) is 7. The van der Waals surface area contributed by atoms with Crippen LogP contribution < -0.4 is 9.46 Å². The Bertz CT molecular complexity index is 888. The Morgan fingerprint density at radius 2 is 1.96 bits per heavy atom. The van der Waals surface area contributed by atoms with Crippen molar-refractivity contribution in [2.24, 2.45) is 0 Å². The van der Waals surface area contributed by atoms with Crippen LogP contribution in [-0.4, -0.2) is 38.9 Å². The molecule has 0 bridgehead atoms. The van der Waals surface area contributed by atoms with Crippen molar-refractivity contribution >= 4 is 10.0 Å². The molecule has 1 aromatic carbocycles. The molecule has 2 aromatic rings. The highest BCUT2D eigenvalue weighted by Crippen LogP contribution is 2.38. The van der Waals surface area contributed by atoms with Crippen molar-refractivity contribution in [3.8, 4) is 5.75 Å². The summed E-state index contributed by atoms with van der Waals surface area (Å²) >= 11 is 0. The summed E-state index contributed by atoms with van der Waals surface area (Å²) in [4.78, 5) is 4.47. The molecule has 1 aromatic heterocycles. The predicted octanol–water partition coefficient (Wildman–Crippen LogP) is 2.46. The van der Waals surface area contributed by atoms with Gasteiger partial charge in [0.1, 0.15) is 12.4 Å². The summed E-state index contributed by atoms with van der Waals surface area (Å²) in [6.45, 7) is 4.38. The minimum atomic E-state index is -3.76. The largest absolute Gasteiger partial charge is 0.491 e. The van der Waals surface area contributed by atoms with Crippen molar-refractivity contribution in [3.63, 3.8) is 0 Å². The first-order valence-electron chi connectivity index (χ1n) is 8.93. The second-order valence-corrected chi connectivity index (χ2v) is 8.48. The molecule has 0 saturated heterocycles. The first kappa shape index (κ1) is 19.8. The average Bonchev–Trinajstić information content (AvgIpc) is 3.26. The van der Waals surface area contributed by atoms with Gasteiger partial charge in [0, 0.05) is 14.0 Å². The van der Waals surface area contributed by atoms with E-state index in [-0.39, 0.29) is 4.90 Å². The van der Waals surface area contributed by atoms with Gasteiger partial charge in [0.2, 0.25) is 15.9 Å². The fraction of sp³-hybridized carbons (Fsp3) is 0.556. The lowest BCUT2D eigenvalue weighted by Gasteiger charge is -2.26. The third-order valence-electron chi connectivity index (χ3n) is 4.74. The molecule has 1 saturated carbocycles. The molecule has 3 rings (SSSR count). The van der Waals surface area contributed by atoms with E-state index in [1.165, 1.54) is 0 Å². The normalized spacial score (nSPS) is 16.6. The second kappa shape index (κ2) is 7.95. The maximum Gasteiger partial charge on any atom is 0.241 e. The smallest absolute Gasteiger partial charge is 0.241 e. The van der Waals surface area contributed by atoms with Crippen LogP contribution in [0.3, 0.4) is 0 Å². The number of nitrogens with one attached hydrogen (secondary N) is 1. The quantitative estimate of drug-likeness (QED) is 0.685. The van der Waals surface area contributed by atoms with Gasteiger partial charge in [-0.3, -0.25) is 0 Å². The Labute approximate surface area is 159 Å². The van der Waals surface area contributed by atoms with Crippen LogP contribution in [0.15, 0.2) is 27.6 Å². The summed E-state index contributed by atoms with van der Waals surface area (Å²) in [5.74, 6) is 1.46. The van der Waals surface area contributed by atoms with Crippen LogP contribution in [0.5, 0.6) is 5.75 Å². The lowest BCUT2D eigenvalue weighted by atomic mass is 9.98. The van der Waals surface area contributed by atoms with Crippen molar-refractivity contribution in [2.75, 3.05) is 20.3 Å². The molecule has 8 nitrogen and oxygen atoms in total. The van der Waals surface area contributed by atoms with Gasteiger partial charge in [0.25, 0.3) is 0 Å². The number of methoxy groups -OCH3 is 1. The van der Waals surface area contributed by atoms with Gasteiger partial charge in [0.05, 0.1) is 17.0 Å². The van der Waals surface area contributed by atoms with Crippen LogP contribution in [0.25, 0.3) is 0 Å². The zero-order valence-electron chi connectivity index (χ0n) is 15.8. The van der Waals surface area contributed by atoms with Gasteiger partial charge in [-0.2, -0.15) is 9.71 Å². The molecule has 0 radical (unpaired) electrons. The minimum Gasteiger partial charge on any atom is -0.491 e. The Morgan fingerprint density at radius 3 is 2.56 bits per heavy atom. The van der Waals surface area contributed by atoms with E-state index in [0.717, 1.165) is 18.4 Å². The Balaban J connectivity index is 1.84. The van der Waals surface area contributed by atoms with E-state index in [0.29, 0.717) is 43.5 Å². The molecule has 1 aliphatic rings. The summed E-state index contributed by atoms with van der Waals surface area (Å²) in [6.07, 6.45) is 3.09. The first-order chi connectivity index (χ1) is 12.9. The maximum atomic E-state index is 13.0. The van der Waals surface area contributed by atoms with Gasteiger partial charge in [0.15, 0.2) is 5.82 Å². The predicted molar refractivity (Wildman–Crippen MR) is 98.1 cm³/mol. The fourth-order valence-corrected chi connectivity index (χ4v) is 4.85. The number of benzene rings is 1. The first-order valence-corrected chi connectivity index (χ1v) is 10.4. The molecule has 148 valence electrons. The van der Waals surface area contributed by atoms with Crippen LogP contribution in [0.1, 0.15) is 43.0 Å². The molecule has 0 spiro atoms. The molecule has 0 unspecified atom stereocenters. The lowest BCUT2D eigenvalue weighted by molar-refractivity contribution is 0.146. The van der Waals surface area contributed by atoms with Crippen molar-refractivity contribution in [1.82, 2.24) is 14.9 Å². The molecule has 0 amide bonds. The summed E-state index contributed by atoms with van der Waals surface area (Å²) in [5.41, 5.74) is -0.0807. The molecule has 0 atom stereocenters. The van der Waals surface area contributed by atoms with E-state index in [1.807, 2.05) is 6.92 Å². The number of sulfonamides is 1. The molecule has 1 aliphatic carbocycles. The molecule has 1 N–H and O–H groups in total. The summed E-state index contributed by atoms with van der Waals surface area (Å²) in [5, 5.41) is 3.98. The topological polar surface area (TPSA) is 104 Å². The summed E-state index contributed by atoms with van der Waals surface area (Å²) < 4.78 is 44.6. The minimum absolute atomic E-state index is 0.186. The van der Waals surface area contributed by atoms with E-state index in [4.69, 9.17) is 14.0 Å². The number of rotatable bonds is 8. The van der Waals surface area contributed by atoms with Gasteiger partial charge < -0.3 is 14.0 Å². The van der Waals surface area contributed by atoms with Crippen molar-refractivity contribution < 1.29 is 22.4 Å². The zero-order chi connectivity index (χ0) is 19.5. The number of aromatic nitrogens is 2. The SMILES string of the molecule is COCCOc1ccc(S(=O)(=O)NC2(c3noc(C)n3)CCCC2)cc1C. The molecule has 1 fully saturated rings. The fourth-order valence-electron chi connectivity index (χ4n) is 3.35. The highest BCUT2D eigenvalue weighted by Gasteiger charge is 2.43. The Morgan fingerprint density at radius 1 is 1.22 bits per heavy atom. The van der Waals surface area contributed by atoms with Gasteiger partial charge >= 0.3 is 0 Å². The second-order valence-electron chi connectivity index (χ2n) is 6.80. The van der Waals surface area contributed by atoms with Crippen LogP contribution in [-0.2, 0) is 20.3 Å². The van der Waals surface area contributed by atoms with E-state index >= 15 is 0 Å². The highest BCUT2D eigenvalue weighted by atomic mass is 32.2.